The number of halogens is 2. The van der Waals surface area contributed by atoms with Gasteiger partial charge in [0.15, 0.2) is 0 Å². The van der Waals surface area contributed by atoms with Crippen LogP contribution in [0.3, 0.4) is 0 Å². The molecule has 140 valence electrons. The highest BCUT2D eigenvalue weighted by atomic mass is 19.3. The summed E-state index contributed by atoms with van der Waals surface area (Å²) in [6, 6.07) is 9.11. The maximum atomic E-state index is 12.1. The molecule has 0 saturated carbocycles. The van der Waals surface area contributed by atoms with Gasteiger partial charge in [-0.2, -0.15) is 8.78 Å². The van der Waals surface area contributed by atoms with E-state index in [9.17, 15) is 18.4 Å². The van der Waals surface area contributed by atoms with Gasteiger partial charge in [0.1, 0.15) is 11.5 Å². The van der Waals surface area contributed by atoms with E-state index in [1.54, 1.807) is 24.3 Å². The largest absolute Gasteiger partial charge is 0.467 e. The number of carbonyl (C=O) groups is 2. The van der Waals surface area contributed by atoms with E-state index in [0.29, 0.717) is 18.7 Å². The molecule has 0 fully saturated rings. The third kappa shape index (κ3) is 7.20. The molecule has 1 heterocycles. The van der Waals surface area contributed by atoms with Crippen LogP contribution in [0.1, 0.15) is 11.3 Å². The van der Waals surface area contributed by atoms with Crippen LogP contribution < -0.4 is 20.7 Å². The minimum Gasteiger partial charge on any atom is -0.467 e. The number of benzene rings is 1. The molecule has 2 rings (SSSR count). The molecule has 3 N–H and O–H groups in total. The second kappa shape index (κ2) is 10.0. The van der Waals surface area contributed by atoms with Crippen molar-refractivity contribution >= 4 is 11.9 Å². The molecule has 0 saturated heterocycles. The van der Waals surface area contributed by atoms with E-state index < -0.39 is 12.6 Å². The molecule has 0 aliphatic rings. The second-order valence-corrected chi connectivity index (χ2v) is 5.24. The third-order valence-electron chi connectivity index (χ3n) is 3.30. The first-order valence-corrected chi connectivity index (χ1v) is 7.87. The van der Waals surface area contributed by atoms with Crippen LogP contribution >= 0.6 is 0 Å². The van der Waals surface area contributed by atoms with E-state index in [-0.39, 0.29) is 24.7 Å². The molecular weight excluding hydrogens is 348 g/mol. The van der Waals surface area contributed by atoms with Crippen molar-refractivity contribution in [3.8, 4) is 5.75 Å². The lowest BCUT2D eigenvalue weighted by molar-refractivity contribution is -0.120. The first-order valence-electron chi connectivity index (χ1n) is 7.87. The van der Waals surface area contributed by atoms with Crippen LogP contribution in [0.2, 0.25) is 0 Å². The molecule has 3 amide bonds. The predicted octanol–water partition coefficient (Wildman–Crippen LogP) is 2.04. The Hall–Kier alpha value is -3.10. The van der Waals surface area contributed by atoms with Gasteiger partial charge in [0.05, 0.1) is 19.4 Å². The smallest absolute Gasteiger partial charge is 0.387 e. The lowest BCUT2D eigenvalue weighted by Crippen LogP contribution is -2.42. The van der Waals surface area contributed by atoms with Crippen LogP contribution in [0, 0.1) is 0 Å². The van der Waals surface area contributed by atoms with Gasteiger partial charge in [-0.3, -0.25) is 4.79 Å². The van der Waals surface area contributed by atoms with Crippen molar-refractivity contribution in [2.45, 2.75) is 19.6 Å². The Bertz CT molecular complexity index is 691. The van der Waals surface area contributed by atoms with Crippen molar-refractivity contribution in [1.29, 1.82) is 0 Å². The van der Waals surface area contributed by atoms with Crippen molar-refractivity contribution in [2.75, 3.05) is 13.1 Å². The molecule has 26 heavy (non-hydrogen) atoms. The number of rotatable bonds is 9. The van der Waals surface area contributed by atoms with E-state index in [1.807, 2.05) is 0 Å². The molecular formula is C17H19F2N3O4. The van der Waals surface area contributed by atoms with Gasteiger partial charge >= 0.3 is 12.6 Å². The summed E-state index contributed by atoms with van der Waals surface area (Å²) in [6.45, 7) is -2.44. The quantitative estimate of drug-likeness (QED) is 0.632. The summed E-state index contributed by atoms with van der Waals surface area (Å²) >= 11 is 0. The number of hydrogen-bond acceptors (Lipinski definition) is 4. The van der Waals surface area contributed by atoms with Crippen LogP contribution in [-0.4, -0.2) is 31.6 Å². The lowest BCUT2D eigenvalue weighted by atomic mass is 10.1. The Morgan fingerprint density at radius 3 is 2.50 bits per heavy atom. The maximum absolute atomic E-state index is 12.1. The average molecular weight is 367 g/mol. The van der Waals surface area contributed by atoms with Crippen molar-refractivity contribution < 1.29 is 27.5 Å². The molecule has 0 aliphatic heterocycles. The summed E-state index contributed by atoms with van der Waals surface area (Å²) in [5.74, 6) is 0.356. The van der Waals surface area contributed by atoms with Gasteiger partial charge in [-0.1, -0.05) is 12.1 Å². The number of hydrogen-bond donors (Lipinski definition) is 3. The number of carbonyl (C=O) groups excluding carboxylic acids is 2. The molecule has 0 atom stereocenters. The maximum Gasteiger partial charge on any atom is 0.387 e. The number of amides is 3. The van der Waals surface area contributed by atoms with Gasteiger partial charge in [0.25, 0.3) is 0 Å². The zero-order chi connectivity index (χ0) is 18.8. The highest BCUT2D eigenvalue weighted by Gasteiger charge is 2.06. The van der Waals surface area contributed by atoms with E-state index in [4.69, 9.17) is 4.42 Å². The number of ether oxygens (including phenoxy) is 1. The Balaban J connectivity index is 1.58. The van der Waals surface area contributed by atoms with Gasteiger partial charge in [0, 0.05) is 6.54 Å². The Labute approximate surface area is 148 Å². The Morgan fingerprint density at radius 2 is 1.85 bits per heavy atom. The van der Waals surface area contributed by atoms with E-state index >= 15 is 0 Å². The molecule has 7 nitrogen and oxygen atoms in total. The zero-order valence-corrected chi connectivity index (χ0v) is 13.8. The molecule has 0 radical (unpaired) electrons. The van der Waals surface area contributed by atoms with Crippen LogP contribution in [-0.2, 0) is 17.8 Å². The third-order valence-corrected chi connectivity index (χ3v) is 3.30. The number of urea groups is 1. The molecule has 2 aromatic rings. The van der Waals surface area contributed by atoms with Crippen molar-refractivity contribution in [2.24, 2.45) is 0 Å². The van der Waals surface area contributed by atoms with Crippen LogP contribution in [0.15, 0.2) is 47.1 Å². The normalized spacial score (nSPS) is 10.4. The average Bonchev–Trinajstić information content (AvgIpc) is 3.13. The molecule has 1 aromatic carbocycles. The number of furan rings is 1. The lowest BCUT2D eigenvalue weighted by Gasteiger charge is -2.09. The summed E-state index contributed by atoms with van der Waals surface area (Å²) < 4.78 is 33.4. The van der Waals surface area contributed by atoms with E-state index in [2.05, 4.69) is 20.7 Å². The standard InChI is InChI=1S/C17H19F2N3O4/c18-16(19)26-13-5-3-12(4-6-13)7-8-20-17(24)22-11-15(23)21-10-14-2-1-9-25-14/h1-6,9,16H,7-8,10-11H2,(H,21,23)(H2,20,22,24). The van der Waals surface area contributed by atoms with Gasteiger partial charge in [-0.15, -0.1) is 0 Å². The van der Waals surface area contributed by atoms with E-state index in [0.717, 1.165) is 5.56 Å². The van der Waals surface area contributed by atoms with Crippen molar-refractivity contribution in [1.82, 2.24) is 16.0 Å². The van der Waals surface area contributed by atoms with Gasteiger partial charge in [0.2, 0.25) is 5.91 Å². The SMILES string of the molecule is O=C(CNC(=O)NCCc1ccc(OC(F)F)cc1)NCc1ccco1. The zero-order valence-electron chi connectivity index (χ0n) is 13.8. The summed E-state index contributed by atoms with van der Waals surface area (Å²) in [4.78, 5) is 23.2. The van der Waals surface area contributed by atoms with Gasteiger partial charge < -0.3 is 25.1 Å². The summed E-state index contributed by atoms with van der Waals surface area (Å²) in [6.07, 6.45) is 2.01. The minimum atomic E-state index is -2.86. The molecule has 0 aliphatic carbocycles. The van der Waals surface area contributed by atoms with Gasteiger partial charge in [-0.25, -0.2) is 4.79 Å². The number of alkyl halides is 2. The monoisotopic (exact) mass is 367 g/mol. The molecule has 0 unspecified atom stereocenters. The van der Waals surface area contributed by atoms with Crippen LogP contribution in [0.25, 0.3) is 0 Å². The van der Waals surface area contributed by atoms with Crippen molar-refractivity contribution in [3.63, 3.8) is 0 Å². The molecule has 9 heteroatoms. The molecule has 1 aromatic heterocycles. The highest BCUT2D eigenvalue weighted by Crippen LogP contribution is 2.14. The minimum absolute atomic E-state index is 0.0787. The Morgan fingerprint density at radius 1 is 1.08 bits per heavy atom. The number of nitrogens with one attached hydrogen (secondary N) is 3. The fourth-order valence-electron chi connectivity index (χ4n) is 2.04. The van der Waals surface area contributed by atoms with Crippen LogP contribution in [0.4, 0.5) is 13.6 Å². The summed E-state index contributed by atoms with van der Waals surface area (Å²) in [5, 5.41) is 7.64. The van der Waals surface area contributed by atoms with Gasteiger partial charge in [-0.05, 0) is 36.2 Å². The summed E-state index contributed by atoms with van der Waals surface area (Å²) in [7, 11) is 0. The molecule has 0 spiro atoms. The summed E-state index contributed by atoms with van der Waals surface area (Å²) in [5.41, 5.74) is 0.850. The fraction of sp³-hybridized carbons (Fsp3) is 0.294. The fourth-order valence-corrected chi connectivity index (χ4v) is 2.04. The first kappa shape index (κ1) is 19.2. The Kier molecular flexibility index (Phi) is 7.41. The first-order chi connectivity index (χ1) is 12.5. The topological polar surface area (TPSA) is 92.6 Å². The predicted molar refractivity (Wildman–Crippen MR) is 88.7 cm³/mol. The second-order valence-electron chi connectivity index (χ2n) is 5.24. The molecule has 0 bridgehead atoms. The van der Waals surface area contributed by atoms with Crippen LogP contribution in [0.5, 0.6) is 5.75 Å². The van der Waals surface area contributed by atoms with Crippen molar-refractivity contribution in [3.05, 3.63) is 54.0 Å². The van der Waals surface area contributed by atoms with E-state index in [1.165, 1.54) is 18.4 Å². The highest BCUT2D eigenvalue weighted by molar-refractivity contribution is 5.83.